The van der Waals surface area contributed by atoms with Gasteiger partial charge in [-0.05, 0) is 12.1 Å². The van der Waals surface area contributed by atoms with E-state index in [-0.39, 0.29) is 29.6 Å². The van der Waals surface area contributed by atoms with Crippen molar-refractivity contribution >= 4 is 18.1 Å². The largest absolute Gasteiger partial charge is 0.504 e. The van der Waals surface area contributed by atoms with Crippen molar-refractivity contribution in [1.82, 2.24) is 0 Å². The van der Waals surface area contributed by atoms with E-state index in [0.29, 0.717) is 0 Å². The van der Waals surface area contributed by atoms with E-state index in [1.165, 1.54) is 12.1 Å². The summed E-state index contributed by atoms with van der Waals surface area (Å²) in [6, 6.07) is 4.44. The molecule has 0 unspecified atom stereocenters. The fourth-order valence-corrected chi connectivity index (χ4v) is 0.549. The Morgan fingerprint density at radius 2 is 1.80 bits per heavy atom. The van der Waals surface area contributed by atoms with Crippen LogP contribution in [0.5, 0.6) is 11.5 Å². The van der Waals surface area contributed by atoms with Crippen LogP contribution in [0.2, 0.25) is 0 Å². The van der Waals surface area contributed by atoms with Crippen LogP contribution < -0.4 is 5.73 Å². The molecule has 0 bridgehead atoms. The van der Waals surface area contributed by atoms with Gasteiger partial charge in [0.15, 0.2) is 11.5 Å². The van der Waals surface area contributed by atoms with Gasteiger partial charge in [0.25, 0.3) is 0 Å². The Bertz CT molecular complexity index is 207. The molecular formula is C6H8ClNO2. The summed E-state index contributed by atoms with van der Waals surface area (Å²) in [6.45, 7) is 0. The molecule has 4 N–H and O–H groups in total. The van der Waals surface area contributed by atoms with Gasteiger partial charge in [0.05, 0.1) is 5.69 Å². The highest BCUT2D eigenvalue weighted by molar-refractivity contribution is 5.85. The zero-order chi connectivity index (χ0) is 6.85. The molecule has 0 spiro atoms. The second kappa shape index (κ2) is 3.17. The number of phenols is 2. The first-order valence-electron chi connectivity index (χ1n) is 2.48. The summed E-state index contributed by atoms with van der Waals surface area (Å²) in [4.78, 5) is 0. The van der Waals surface area contributed by atoms with Gasteiger partial charge in [-0.2, -0.15) is 0 Å². The molecule has 0 radical (unpaired) electrons. The lowest BCUT2D eigenvalue weighted by Crippen LogP contribution is -1.83. The zero-order valence-electron chi connectivity index (χ0n) is 5.11. The molecule has 0 aliphatic rings. The predicted molar refractivity (Wildman–Crippen MR) is 41.4 cm³/mol. The molecule has 0 saturated heterocycles. The van der Waals surface area contributed by atoms with Crippen molar-refractivity contribution < 1.29 is 10.2 Å². The normalized spacial score (nSPS) is 8.40. The zero-order valence-corrected chi connectivity index (χ0v) is 5.93. The monoisotopic (exact) mass is 161 g/mol. The summed E-state index contributed by atoms with van der Waals surface area (Å²) >= 11 is 0. The van der Waals surface area contributed by atoms with E-state index in [1.807, 2.05) is 0 Å². The highest BCUT2D eigenvalue weighted by atomic mass is 35.5. The number of nitrogens with two attached hydrogens (primary N) is 1. The molecule has 1 aromatic rings. The molecule has 0 atom stereocenters. The number of para-hydroxylation sites is 1. The molecule has 0 heterocycles. The van der Waals surface area contributed by atoms with Gasteiger partial charge in [0, 0.05) is 0 Å². The molecule has 0 aromatic heterocycles. The third kappa shape index (κ3) is 1.45. The Balaban J connectivity index is 0.000000810. The number of benzene rings is 1. The van der Waals surface area contributed by atoms with Crippen LogP contribution in [0.3, 0.4) is 0 Å². The minimum Gasteiger partial charge on any atom is -0.504 e. The number of nitrogen functional groups attached to an aromatic ring is 1. The highest BCUT2D eigenvalue weighted by Crippen LogP contribution is 2.29. The maximum Gasteiger partial charge on any atom is 0.180 e. The van der Waals surface area contributed by atoms with Gasteiger partial charge in [0.2, 0.25) is 0 Å². The lowest BCUT2D eigenvalue weighted by molar-refractivity contribution is 0.405. The Kier molecular flexibility index (Phi) is 2.83. The van der Waals surface area contributed by atoms with Gasteiger partial charge in [-0.15, -0.1) is 12.4 Å². The molecule has 1 aromatic carbocycles. The molecule has 10 heavy (non-hydrogen) atoms. The summed E-state index contributed by atoms with van der Waals surface area (Å²) in [5, 5.41) is 17.6. The van der Waals surface area contributed by atoms with Crippen molar-refractivity contribution in [3.05, 3.63) is 18.2 Å². The fourth-order valence-electron chi connectivity index (χ4n) is 0.549. The van der Waals surface area contributed by atoms with Crippen molar-refractivity contribution in [1.29, 1.82) is 0 Å². The summed E-state index contributed by atoms with van der Waals surface area (Å²) in [5.41, 5.74) is 5.40. The van der Waals surface area contributed by atoms with E-state index < -0.39 is 0 Å². The fraction of sp³-hybridized carbons (Fsp3) is 0. The average Bonchev–Trinajstić information content (AvgIpc) is 1.83. The topological polar surface area (TPSA) is 66.5 Å². The smallest absolute Gasteiger partial charge is 0.180 e. The quantitative estimate of drug-likeness (QED) is 0.394. The van der Waals surface area contributed by atoms with E-state index in [9.17, 15) is 0 Å². The first-order chi connectivity index (χ1) is 4.22. The minimum atomic E-state index is -0.252. The van der Waals surface area contributed by atoms with Crippen LogP contribution in [0.4, 0.5) is 5.69 Å². The highest BCUT2D eigenvalue weighted by Gasteiger charge is 1.98. The average molecular weight is 162 g/mol. The first-order valence-corrected chi connectivity index (χ1v) is 2.48. The van der Waals surface area contributed by atoms with E-state index in [1.54, 1.807) is 6.07 Å². The maximum absolute atomic E-state index is 8.83. The van der Waals surface area contributed by atoms with Crippen molar-refractivity contribution in [2.24, 2.45) is 0 Å². The Morgan fingerprint density at radius 3 is 2.20 bits per heavy atom. The second-order valence-corrected chi connectivity index (χ2v) is 1.71. The predicted octanol–water partition coefficient (Wildman–Crippen LogP) is 1.10. The van der Waals surface area contributed by atoms with Crippen LogP contribution in [-0.4, -0.2) is 10.2 Å². The number of aromatic hydroxyl groups is 2. The van der Waals surface area contributed by atoms with Gasteiger partial charge in [-0.25, -0.2) is 0 Å². The van der Waals surface area contributed by atoms with E-state index in [2.05, 4.69) is 0 Å². The van der Waals surface area contributed by atoms with Crippen LogP contribution in [0.25, 0.3) is 0 Å². The van der Waals surface area contributed by atoms with Gasteiger partial charge in [0.1, 0.15) is 0 Å². The molecule has 1 rings (SSSR count). The third-order valence-corrected chi connectivity index (χ3v) is 1.05. The number of anilines is 1. The Labute approximate surface area is 64.5 Å². The molecule has 56 valence electrons. The molecular weight excluding hydrogens is 154 g/mol. The third-order valence-electron chi connectivity index (χ3n) is 1.05. The summed E-state index contributed by atoms with van der Waals surface area (Å²) in [7, 11) is 0. The standard InChI is InChI=1S/C6H7NO2.ClH/c7-4-2-1-3-5(8)6(4)9;/h1-3,8-9H,7H2;1H. The van der Waals surface area contributed by atoms with Crippen LogP contribution >= 0.6 is 12.4 Å². The molecule has 0 amide bonds. The molecule has 4 heteroatoms. The minimum absolute atomic E-state index is 0. The Hall–Kier alpha value is -1.09. The van der Waals surface area contributed by atoms with Crippen molar-refractivity contribution in [2.45, 2.75) is 0 Å². The number of hydrogen-bond acceptors (Lipinski definition) is 3. The summed E-state index contributed by atoms with van der Waals surface area (Å²) in [5.74, 6) is -0.437. The summed E-state index contributed by atoms with van der Waals surface area (Å²) < 4.78 is 0. The van der Waals surface area contributed by atoms with E-state index in [0.717, 1.165) is 0 Å². The van der Waals surface area contributed by atoms with Gasteiger partial charge in [-0.3, -0.25) is 0 Å². The molecule has 0 aliphatic carbocycles. The molecule has 0 saturated carbocycles. The van der Waals surface area contributed by atoms with Crippen molar-refractivity contribution in [2.75, 3.05) is 5.73 Å². The second-order valence-electron chi connectivity index (χ2n) is 1.71. The van der Waals surface area contributed by atoms with Crippen LogP contribution in [0.1, 0.15) is 0 Å². The van der Waals surface area contributed by atoms with Gasteiger partial charge < -0.3 is 15.9 Å². The lowest BCUT2D eigenvalue weighted by atomic mass is 10.3. The first kappa shape index (κ1) is 8.91. The number of halogens is 1. The maximum atomic E-state index is 8.83. The van der Waals surface area contributed by atoms with Crippen molar-refractivity contribution in [3.8, 4) is 11.5 Å². The number of hydrogen-bond donors (Lipinski definition) is 3. The number of phenolic OH excluding ortho intramolecular Hbond substituents is 2. The van der Waals surface area contributed by atoms with Gasteiger partial charge >= 0.3 is 0 Å². The van der Waals surface area contributed by atoms with E-state index in [4.69, 9.17) is 15.9 Å². The van der Waals surface area contributed by atoms with E-state index >= 15 is 0 Å². The number of rotatable bonds is 0. The molecule has 3 nitrogen and oxygen atoms in total. The van der Waals surface area contributed by atoms with Crippen LogP contribution in [0.15, 0.2) is 18.2 Å². The van der Waals surface area contributed by atoms with Crippen LogP contribution in [0, 0.1) is 0 Å². The van der Waals surface area contributed by atoms with Crippen LogP contribution in [-0.2, 0) is 0 Å². The molecule has 0 aliphatic heterocycles. The SMILES string of the molecule is Cl.Nc1cccc(O)c1O. The van der Waals surface area contributed by atoms with Crippen molar-refractivity contribution in [3.63, 3.8) is 0 Å². The molecule has 0 fully saturated rings. The summed E-state index contributed by atoms with van der Waals surface area (Å²) in [6.07, 6.45) is 0. The Morgan fingerprint density at radius 1 is 1.20 bits per heavy atom. The van der Waals surface area contributed by atoms with Gasteiger partial charge in [-0.1, -0.05) is 6.07 Å². The lowest BCUT2D eigenvalue weighted by Gasteiger charge is -1.97.